The molecule has 0 bridgehead atoms. The average molecular weight is 207 g/mol. The van der Waals surface area contributed by atoms with E-state index < -0.39 is 0 Å². The first-order valence-corrected chi connectivity index (χ1v) is 5.40. The van der Waals surface area contributed by atoms with Crippen molar-refractivity contribution in [1.29, 1.82) is 0 Å². The second kappa shape index (κ2) is 5.76. The fraction of sp³-hybridized carbons (Fsp3) is 0.462. The van der Waals surface area contributed by atoms with E-state index in [-0.39, 0.29) is 0 Å². The number of benzene rings is 1. The van der Waals surface area contributed by atoms with Crippen LogP contribution in [0.15, 0.2) is 18.2 Å². The lowest BCUT2D eigenvalue weighted by atomic mass is 10.0. The Morgan fingerprint density at radius 1 is 1.33 bits per heavy atom. The first-order chi connectivity index (χ1) is 7.15. The molecule has 0 aliphatic carbocycles. The predicted octanol–water partition coefficient (Wildman–Crippen LogP) is 3.17. The van der Waals surface area contributed by atoms with Crippen LogP contribution in [0, 0.1) is 12.5 Å². The highest BCUT2D eigenvalue weighted by molar-refractivity contribution is 5.37. The van der Waals surface area contributed by atoms with Gasteiger partial charge in [0.25, 0.3) is 0 Å². The highest BCUT2D eigenvalue weighted by atomic mass is 16.5. The van der Waals surface area contributed by atoms with Gasteiger partial charge in [0.05, 0.1) is 6.61 Å². The number of aliphatic hydroxyl groups is 1. The number of rotatable bonds is 5. The largest absolute Gasteiger partial charge is 0.494 e. The average Bonchev–Trinajstić information content (AvgIpc) is 2.16. The molecule has 0 heterocycles. The smallest absolute Gasteiger partial charge is 0.119 e. The summed E-state index contributed by atoms with van der Waals surface area (Å²) in [6.07, 6.45) is 1.00. The fourth-order valence-electron chi connectivity index (χ4n) is 1.60. The van der Waals surface area contributed by atoms with Gasteiger partial charge >= 0.3 is 0 Å². The maximum Gasteiger partial charge on any atom is 0.119 e. The molecule has 2 nitrogen and oxygen atoms in total. The van der Waals surface area contributed by atoms with E-state index in [1.807, 2.05) is 25.1 Å². The Hall–Kier alpha value is -1.02. The van der Waals surface area contributed by atoms with Crippen molar-refractivity contribution in [3.05, 3.63) is 35.9 Å². The van der Waals surface area contributed by atoms with Gasteiger partial charge in [0, 0.05) is 0 Å². The Kier molecular flexibility index (Phi) is 4.63. The van der Waals surface area contributed by atoms with Crippen LogP contribution in [0.25, 0.3) is 0 Å². The Morgan fingerprint density at radius 3 is 2.60 bits per heavy atom. The second-order valence-corrected chi connectivity index (χ2v) is 4.07. The van der Waals surface area contributed by atoms with Crippen LogP contribution in [0.1, 0.15) is 31.9 Å². The van der Waals surface area contributed by atoms with E-state index in [9.17, 15) is 0 Å². The van der Waals surface area contributed by atoms with Crippen molar-refractivity contribution in [3.8, 4) is 5.75 Å². The Morgan fingerprint density at radius 2 is 2.07 bits per heavy atom. The normalized spacial score (nSPS) is 10.7. The molecule has 0 amide bonds. The summed E-state index contributed by atoms with van der Waals surface area (Å²) >= 11 is 0. The predicted molar refractivity (Wildman–Crippen MR) is 61.5 cm³/mol. The molecule has 1 N–H and O–H groups in total. The Balaban J connectivity index is 2.89. The molecule has 0 saturated heterocycles. The molecule has 0 atom stereocenters. The zero-order chi connectivity index (χ0) is 11.3. The van der Waals surface area contributed by atoms with Crippen molar-refractivity contribution in [2.45, 2.75) is 27.2 Å². The SMILES string of the molecule is CCOc1cc([CH]O)cc(CC(C)C)c1. The zero-order valence-electron chi connectivity index (χ0n) is 9.66. The molecular formula is C13H19O2. The minimum atomic E-state index is 0.605. The molecule has 0 fully saturated rings. The summed E-state index contributed by atoms with van der Waals surface area (Å²) in [6, 6.07) is 5.87. The molecule has 1 radical (unpaired) electrons. The molecule has 1 aromatic carbocycles. The summed E-state index contributed by atoms with van der Waals surface area (Å²) in [5, 5.41) is 9.01. The van der Waals surface area contributed by atoms with Gasteiger partial charge in [0.2, 0.25) is 0 Å². The lowest BCUT2D eigenvalue weighted by molar-refractivity contribution is 0.338. The fourth-order valence-corrected chi connectivity index (χ4v) is 1.60. The van der Waals surface area contributed by atoms with Gasteiger partial charge in [-0.15, -0.1) is 0 Å². The van der Waals surface area contributed by atoms with Crippen LogP contribution in [0.3, 0.4) is 0 Å². The van der Waals surface area contributed by atoms with E-state index in [1.165, 1.54) is 5.56 Å². The maximum absolute atomic E-state index is 9.01. The third-order valence-electron chi connectivity index (χ3n) is 2.09. The number of aliphatic hydroxyl groups excluding tert-OH is 1. The van der Waals surface area contributed by atoms with Gasteiger partial charge in [-0.05, 0) is 42.5 Å². The Labute approximate surface area is 91.9 Å². The summed E-state index contributed by atoms with van der Waals surface area (Å²) in [7, 11) is 0. The van der Waals surface area contributed by atoms with Gasteiger partial charge in [0.15, 0.2) is 0 Å². The molecule has 0 aliphatic rings. The van der Waals surface area contributed by atoms with Gasteiger partial charge in [-0.1, -0.05) is 19.9 Å². The molecule has 2 heteroatoms. The van der Waals surface area contributed by atoms with E-state index in [0.717, 1.165) is 24.3 Å². The van der Waals surface area contributed by atoms with Crippen molar-refractivity contribution in [2.24, 2.45) is 5.92 Å². The minimum absolute atomic E-state index is 0.605. The van der Waals surface area contributed by atoms with E-state index in [4.69, 9.17) is 9.84 Å². The number of hydrogen-bond donors (Lipinski definition) is 1. The van der Waals surface area contributed by atoms with Crippen LogP contribution in [-0.4, -0.2) is 11.7 Å². The lowest BCUT2D eigenvalue weighted by Crippen LogP contribution is -1.98. The molecule has 1 aromatic rings. The standard InChI is InChI=1S/C13H19O2/c1-4-15-13-7-11(5-10(2)3)6-12(8-13)9-14/h6-10,14H,4-5H2,1-3H3. The van der Waals surface area contributed by atoms with Crippen LogP contribution < -0.4 is 4.74 Å². The number of hydrogen-bond acceptors (Lipinski definition) is 2. The maximum atomic E-state index is 9.01. The van der Waals surface area contributed by atoms with Crippen LogP contribution in [0.4, 0.5) is 0 Å². The first-order valence-electron chi connectivity index (χ1n) is 5.40. The van der Waals surface area contributed by atoms with Crippen LogP contribution in [0.5, 0.6) is 5.75 Å². The molecule has 1 rings (SSSR count). The summed E-state index contributed by atoms with van der Waals surface area (Å²) in [5.41, 5.74) is 2.01. The van der Waals surface area contributed by atoms with Gasteiger partial charge in [-0.2, -0.15) is 0 Å². The summed E-state index contributed by atoms with van der Waals surface area (Å²) in [6.45, 7) is 8.07. The van der Waals surface area contributed by atoms with Gasteiger partial charge in [0.1, 0.15) is 12.4 Å². The zero-order valence-corrected chi connectivity index (χ0v) is 9.66. The second-order valence-electron chi connectivity index (χ2n) is 4.07. The van der Waals surface area contributed by atoms with Crippen LogP contribution >= 0.6 is 0 Å². The molecule has 0 spiro atoms. The summed E-state index contributed by atoms with van der Waals surface area (Å²) < 4.78 is 5.44. The van der Waals surface area contributed by atoms with Crippen molar-refractivity contribution in [2.75, 3.05) is 6.61 Å². The van der Waals surface area contributed by atoms with Crippen molar-refractivity contribution < 1.29 is 9.84 Å². The van der Waals surface area contributed by atoms with E-state index in [0.29, 0.717) is 12.5 Å². The quantitative estimate of drug-likeness (QED) is 0.803. The molecule has 83 valence electrons. The monoisotopic (exact) mass is 207 g/mol. The molecule has 0 aromatic heterocycles. The van der Waals surface area contributed by atoms with Gasteiger partial charge < -0.3 is 9.84 Å². The highest BCUT2D eigenvalue weighted by Gasteiger charge is 2.03. The van der Waals surface area contributed by atoms with E-state index in [2.05, 4.69) is 13.8 Å². The molecule has 0 aliphatic heterocycles. The molecule has 15 heavy (non-hydrogen) atoms. The van der Waals surface area contributed by atoms with Crippen LogP contribution in [-0.2, 0) is 6.42 Å². The van der Waals surface area contributed by atoms with Crippen molar-refractivity contribution >= 4 is 0 Å². The molecular weight excluding hydrogens is 188 g/mol. The number of ether oxygens (including phenoxy) is 1. The third-order valence-corrected chi connectivity index (χ3v) is 2.09. The van der Waals surface area contributed by atoms with Crippen LogP contribution in [0.2, 0.25) is 0 Å². The van der Waals surface area contributed by atoms with Gasteiger partial charge in [-0.3, -0.25) is 0 Å². The highest BCUT2D eigenvalue weighted by Crippen LogP contribution is 2.20. The topological polar surface area (TPSA) is 29.5 Å². The van der Waals surface area contributed by atoms with E-state index in [1.54, 1.807) is 0 Å². The lowest BCUT2D eigenvalue weighted by Gasteiger charge is -2.10. The first kappa shape index (κ1) is 12.1. The van der Waals surface area contributed by atoms with Gasteiger partial charge in [-0.25, -0.2) is 0 Å². The summed E-state index contributed by atoms with van der Waals surface area (Å²) in [4.78, 5) is 0. The van der Waals surface area contributed by atoms with Crippen molar-refractivity contribution in [3.63, 3.8) is 0 Å². The minimum Gasteiger partial charge on any atom is -0.494 e. The summed E-state index contributed by atoms with van der Waals surface area (Å²) in [5.74, 6) is 1.43. The third kappa shape index (κ3) is 3.92. The van der Waals surface area contributed by atoms with E-state index >= 15 is 0 Å². The van der Waals surface area contributed by atoms with Crippen molar-refractivity contribution in [1.82, 2.24) is 0 Å². The molecule has 0 saturated carbocycles. The molecule has 0 unspecified atom stereocenters. The Bertz CT molecular complexity index is 305.